The first-order valence-corrected chi connectivity index (χ1v) is 10.5. The van der Waals surface area contributed by atoms with Gasteiger partial charge in [-0.2, -0.15) is 0 Å². The molecule has 1 amide bonds. The highest BCUT2D eigenvalue weighted by atomic mass is 32.2. The van der Waals surface area contributed by atoms with Gasteiger partial charge in [0.25, 0.3) is 0 Å². The Labute approximate surface area is 151 Å². The number of amides is 1. The van der Waals surface area contributed by atoms with Crippen LogP contribution in [0, 0.1) is 0 Å². The monoisotopic (exact) mass is 367 g/mol. The maximum atomic E-state index is 12.2. The van der Waals surface area contributed by atoms with Crippen molar-refractivity contribution in [1.82, 2.24) is 9.62 Å². The van der Waals surface area contributed by atoms with Gasteiger partial charge in [0, 0.05) is 11.7 Å². The Balaban J connectivity index is 1.92. The van der Waals surface area contributed by atoms with Crippen LogP contribution in [0.5, 0.6) is 0 Å². The van der Waals surface area contributed by atoms with E-state index in [-0.39, 0.29) is 16.8 Å². The molecule has 0 aliphatic carbocycles. The molecule has 1 saturated heterocycles. The first kappa shape index (κ1) is 19.9. The molecule has 7 heteroatoms. The quantitative estimate of drug-likeness (QED) is 0.776. The van der Waals surface area contributed by atoms with Crippen molar-refractivity contribution in [3.8, 4) is 0 Å². The Morgan fingerprint density at radius 1 is 1.12 bits per heavy atom. The summed E-state index contributed by atoms with van der Waals surface area (Å²) in [7, 11) is -3.51. The van der Waals surface area contributed by atoms with E-state index >= 15 is 0 Å². The highest BCUT2D eigenvalue weighted by Gasteiger charge is 2.17. The van der Waals surface area contributed by atoms with Crippen molar-refractivity contribution in [2.24, 2.45) is 0 Å². The number of rotatable bonds is 7. The van der Waals surface area contributed by atoms with Crippen LogP contribution in [-0.2, 0) is 14.8 Å². The Morgan fingerprint density at radius 3 is 2.28 bits per heavy atom. The lowest BCUT2D eigenvalue weighted by molar-refractivity contribution is -0.117. The van der Waals surface area contributed by atoms with Crippen LogP contribution in [0.15, 0.2) is 29.2 Å². The molecule has 2 N–H and O–H groups in total. The van der Waals surface area contributed by atoms with E-state index in [9.17, 15) is 13.2 Å². The normalized spacial score (nSPS) is 17.7. The lowest BCUT2D eigenvalue weighted by Crippen LogP contribution is -2.34. The number of sulfonamides is 1. The summed E-state index contributed by atoms with van der Waals surface area (Å²) >= 11 is 0. The summed E-state index contributed by atoms with van der Waals surface area (Å²) in [5.74, 6) is -0.0600. The number of hydrogen-bond acceptors (Lipinski definition) is 4. The standard InChI is InChI=1S/C18H29N3O3S/c1-3-15(2)20-25(23,24)17-10-8-16(9-11-17)19-18(22)14-21-12-6-4-5-7-13-21/h8-11,15,20H,3-7,12-14H2,1-2H3,(H,19,22)/t15-/m0/s1. The summed E-state index contributed by atoms with van der Waals surface area (Å²) in [5.41, 5.74) is 0.613. The van der Waals surface area contributed by atoms with E-state index < -0.39 is 10.0 Å². The van der Waals surface area contributed by atoms with Crippen molar-refractivity contribution < 1.29 is 13.2 Å². The Morgan fingerprint density at radius 2 is 1.72 bits per heavy atom. The molecule has 0 bridgehead atoms. The largest absolute Gasteiger partial charge is 0.325 e. The van der Waals surface area contributed by atoms with Crippen molar-refractivity contribution in [3.05, 3.63) is 24.3 Å². The molecule has 1 aliphatic heterocycles. The molecule has 6 nitrogen and oxygen atoms in total. The molecule has 1 aliphatic rings. The van der Waals surface area contributed by atoms with Gasteiger partial charge in [0.05, 0.1) is 11.4 Å². The molecular formula is C18H29N3O3S. The summed E-state index contributed by atoms with van der Waals surface area (Å²) in [6.45, 7) is 6.07. The second kappa shape index (κ2) is 9.31. The highest BCUT2D eigenvalue weighted by molar-refractivity contribution is 7.89. The molecule has 0 aromatic heterocycles. The smallest absolute Gasteiger partial charge is 0.240 e. The van der Waals surface area contributed by atoms with Gasteiger partial charge < -0.3 is 5.32 Å². The number of nitrogens with one attached hydrogen (secondary N) is 2. The van der Waals surface area contributed by atoms with E-state index in [4.69, 9.17) is 0 Å². The minimum atomic E-state index is -3.51. The predicted molar refractivity (Wildman–Crippen MR) is 100 cm³/mol. The van der Waals surface area contributed by atoms with Crippen molar-refractivity contribution in [2.75, 3.05) is 25.0 Å². The van der Waals surface area contributed by atoms with Gasteiger partial charge in [0.15, 0.2) is 0 Å². The molecule has 1 aromatic rings. The van der Waals surface area contributed by atoms with E-state index in [1.807, 2.05) is 13.8 Å². The van der Waals surface area contributed by atoms with Gasteiger partial charge >= 0.3 is 0 Å². The summed E-state index contributed by atoms with van der Waals surface area (Å²) in [6, 6.07) is 6.19. The van der Waals surface area contributed by atoms with E-state index in [0.717, 1.165) is 32.4 Å². The topological polar surface area (TPSA) is 78.5 Å². The fourth-order valence-electron chi connectivity index (χ4n) is 2.83. The van der Waals surface area contributed by atoms with Crippen molar-refractivity contribution in [3.63, 3.8) is 0 Å². The molecule has 0 unspecified atom stereocenters. The minimum absolute atomic E-state index is 0.0600. The number of likely N-dealkylation sites (tertiary alicyclic amines) is 1. The molecule has 1 heterocycles. The van der Waals surface area contributed by atoms with Crippen molar-refractivity contribution >= 4 is 21.6 Å². The third-order valence-corrected chi connectivity index (χ3v) is 6.09. The predicted octanol–water partition coefficient (Wildman–Crippen LogP) is 2.58. The van der Waals surface area contributed by atoms with Gasteiger partial charge in [-0.15, -0.1) is 0 Å². The zero-order valence-electron chi connectivity index (χ0n) is 15.1. The summed E-state index contributed by atoms with van der Waals surface area (Å²) in [4.78, 5) is 14.6. The number of anilines is 1. The average molecular weight is 368 g/mol. The molecule has 1 fully saturated rings. The lowest BCUT2D eigenvalue weighted by atomic mass is 10.2. The van der Waals surface area contributed by atoms with Gasteiger partial charge in [0.1, 0.15) is 0 Å². The van der Waals surface area contributed by atoms with E-state index in [1.165, 1.54) is 25.0 Å². The van der Waals surface area contributed by atoms with Gasteiger partial charge in [-0.1, -0.05) is 19.8 Å². The summed E-state index contributed by atoms with van der Waals surface area (Å²) in [5, 5.41) is 2.84. The zero-order chi connectivity index (χ0) is 18.3. The molecule has 25 heavy (non-hydrogen) atoms. The number of hydrogen-bond donors (Lipinski definition) is 2. The first-order chi connectivity index (χ1) is 11.9. The van der Waals surface area contributed by atoms with Gasteiger partial charge in [-0.3, -0.25) is 9.69 Å². The first-order valence-electron chi connectivity index (χ1n) is 9.05. The maximum absolute atomic E-state index is 12.2. The minimum Gasteiger partial charge on any atom is -0.325 e. The van der Waals surface area contributed by atoms with Crippen LogP contribution in [0.2, 0.25) is 0 Å². The molecule has 0 spiro atoms. The Kier molecular flexibility index (Phi) is 7.40. The molecule has 140 valence electrons. The van der Waals surface area contributed by atoms with E-state index in [2.05, 4.69) is 14.9 Å². The Bertz CT molecular complexity index is 651. The van der Waals surface area contributed by atoms with Crippen LogP contribution in [0.25, 0.3) is 0 Å². The Hall–Kier alpha value is -1.44. The molecule has 0 radical (unpaired) electrons. The number of carbonyl (C=O) groups is 1. The van der Waals surface area contributed by atoms with Crippen LogP contribution in [0.1, 0.15) is 46.0 Å². The molecular weight excluding hydrogens is 338 g/mol. The SMILES string of the molecule is CC[C@H](C)NS(=O)(=O)c1ccc(NC(=O)CN2CCCCCC2)cc1. The van der Waals surface area contributed by atoms with Crippen LogP contribution in [0.3, 0.4) is 0 Å². The zero-order valence-corrected chi connectivity index (χ0v) is 15.9. The highest BCUT2D eigenvalue weighted by Crippen LogP contribution is 2.15. The third kappa shape index (κ3) is 6.41. The molecule has 1 atom stereocenters. The molecule has 2 rings (SSSR count). The second-order valence-corrected chi connectivity index (χ2v) is 8.41. The fraction of sp³-hybridized carbons (Fsp3) is 0.611. The lowest BCUT2D eigenvalue weighted by Gasteiger charge is -2.19. The van der Waals surface area contributed by atoms with Crippen molar-refractivity contribution in [2.45, 2.75) is 56.9 Å². The van der Waals surface area contributed by atoms with E-state index in [0.29, 0.717) is 12.2 Å². The maximum Gasteiger partial charge on any atom is 0.240 e. The summed E-state index contributed by atoms with van der Waals surface area (Å²) in [6.07, 6.45) is 5.48. The number of carbonyl (C=O) groups excluding carboxylic acids is 1. The van der Waals surface area contributed by atoms with Gasteiger partial charge in [-0.25, -0.2) is 13.1 Å². The summed E-state index contributed by atoms with van der Waals surface area (Å²) < 4.78 is 27.1. The van der Waals surface area contributed by atoms with Gasteiger partial charge in [0.2, 0.25) is 15.9 Å². The van der Waals surface area contributed by atoms with Crippen LogP contribution >= 0.6 is 0 Å². The van der Waals surface area contributed by atoms with Gasteiger partial charge in [-0.05, 0) is 63.5 Å². The number of nitrogens with zero attached hydrogens (tertiary/aromatic N) is 1. The average Bonchev–Trinajstić information content (AvgIpc) is 2.83. The van der Waals surface area contributed by atoms with Crippen LogP contribution < -0.4 is 10.0 Å². The molecule has 0 saturated carbocycles. The van der Waals surface area contributed by atoms with Crippen molar-refractivity contribution in [1.29, 1.82) is 0 Å². The van der Waals surface area contributed by atoms with Crippen LogP contribution in [0.4, 0.5) is 5.69 Å². The van der Waals surface area contributed by atoms with Crippen LogP contribution in [-0.4, -0.2) is 44.9 Å². The second-order valence-electron chi connectivity index (χ2n) is 6.69. The fourth-order valence-corrected chi connectivity index (χ4v) is 4.16. The molecule has 1 aromatic carbocycles. The number of benzene rings is 1. The third-order valence-electron chi connectivity index (χ3n) is 4.48. The van der Waals surface area contributed by atoms with E-state index in [1.54, 1.807) is 12.1 Å².